The number of hydrogen-bond donors (Lipinski definition) is 1. The van der Waals surface area contributed by atoms with Gasteiger partial charge in [-0.3, -0.25) is 9.59 Å². The maximum absolute atomic E-state index is 12.3. The molecule has 1 N–H and O–H groups in total. The van der Waals surface area contributed by atoms with E-state index in [4.69, 9.17) is 4.74 Å². The predicted molar refractivity (Wildman–Crippen MR) is 93.5 cm³/mol. The molecule has 1 atom stereocenters. The Kier molecular flexibility index (Phi) is 4.25. The molecular weight excluding hydrogens is 304 g/mol. The Bertz CT molecular complexity index is 801. The second-order valence-electron chi connectivity index (χ2n) is 6.00. The number of carbonyl (C=O) groups excluding carboxylic acids is 2. The Morgan fingerprint density at radius 3 is 2.75 bits per heavy atom. The first-order valence-corrected chi connectivity index (χ1v) is 7.88. The lowest BCUT2D eigenvalue weighted by molar-refractivity contribution is -0.125. The van der Waals surface area contributed by atoms with Crippen LogP contribution in [0.15, 0.2) is 42.5 Å². The average molecular weight is 324 g/mol. The van der Waals surface area contributed by atoms with Crippen LogP contribution < -0.4 is 15.0 Å². The maximum atomic E-state index is 12.3. The van der Waals surface area contributed by atoms with Gasteiger partial charge in [-0.25, -0.2) is 0 Å². The molecule has 0 radical (unpaired) electrons. The van der Waals surface area contributed by atoms with Crippen molar-refractivity contribution in [2.24, 2.45) is 0 Å². The summed E-state index contributed by atoms with van der Waals surface area (Å²) in [6.07, 6.45) is -0.253. The van der Waals surface area contributed by atoms with Gasteiger partial charge in [0.2, 0.25) is 5.91 Å². The number of ether oxygens (including phenoxy) is 1. The van der Waals surface area contributed by atoms with Crippen LogP contribution in [-0.4, -0.2) is 25.0 Å². The molecule has 2 amide bonds. The van der Waals surface area contributed by atoms with Gasteiger partial charge in [0.25, 0.3) is 5.91 Å². The number of benzene rings is 2. The van der Waals surface area contributed by atoms with Crippen LogP contribution >= 0.6 is 0 Å². The second kappa shape index (κ2) is 6.35. The molecule has 124 valence electrons. The molecule has 5 nitrogen and oxygen atoms in total. The Morgan fingerprint density at radius 1 is 1.25 bits per heavy atom. The summed E-state index contributed by atoms with van der Waals surface area (Å²) in [5.41, 5.74) is 3.35. The first-order chi connectivity index (χ1) is 11.5. The van der Waals surface area contributed by atoms with Crippen LogP contribution in [0.25, 0.3) is 0 Å². The van der Waals surface area contributed by atoms with E-state index >= 15 is 0 Å². The van der Waals surface area contributed by atoms with Crippen LogP contribution in [0.3, 0.4) is 0 Å². The van der Waals surface area contributed by atoms with Crippen molar-refractivity contribution in [2.75, 3.05) is 17.3 Å². The van der Waals surface area contributed by atoms with Crippen molar-refractivity contribution in [3.05, 3.63) is 53.6 Å². The number of hydrogen-bond acceptors (Lipinski definition) is 3. The van der Waals surface area contributed by atoms with E-state index in [0.29, 0.717) is 11.4 Å². The standard InChI is InChI=1S/C19H20N2O3/c1-12-6-4-5-7-15(12)20-18(22)11-14-8-9-17-16(10-14)21(3)19(23)13(2)24-17/h4-10,13H,11H2,1-3H3,(H,20,22). The Labute approximate surface area is 141 Å². The van der Waals surface area contributed by atoms with E-state index in [-0.39, 0.29) is 18.2 Å². The highest BCUT2D eigenvalue weighted by atomic mass is 16.5. The molecule has 0 saturated carbocycles. The van der Waals surface area contributed by atoms with E-state index in [0.717, 1.165) is 16.8 Å². The van der Waals surface area contributed by atoms with E-state index in [9.17, 15) is 9.59 Å². The molecule has 24 heavy (non-hydrogen) atoms. The number of nitrogens with zero attached hydrogens (tertiary/aromatic N) is 1. The number of nitrogens with one attached hydrogen (secondary N) is 1. The molecule has 3 rings (SSSR count). The normalized spacial score (nSPS) is 16.4. The monoisotopic (exact) mass is 324 g/mol. The van der Waals surface area contributed by atoms with Gasteiger partial charge >= 0.3 is 0 Å². The molecule has 0 fully saturated rings. The first kappa shape index (κ1) is 16.1. The van der Waals surface area contributed by atoms with E-state index < -0.39 is 6.10 Å². The third-order valence-electron chi connectivity index (χ3n) is 4.15. The third-order valence-corrected chi connectivity index (χ3v) is 4.15. The molecule has 1 heterocycles. The molecule has 1 unspecified atom stereocenters. The van der Waals surface area contributed by atoms with Gasteiger partial charge in [-0.05, 0) is 43.2 Å². The molecule has 1 aliphatic rings. The lowest BCUT2D eigenvalue weighted by Crippen LogP contribution is -2.42. The molecule has 0 spiro atoms. The Hall–Kier alpha value is -2.82. The van der Waals surface area contributed by atoms with Crippen LogP contribution in [0, 0.1) is 6.92 Å². The lowest BCUT2D eigenvalue weighted by Gasteiger charge is -2.30. The van der Waals surface area contributed by atoms with Gasteiger partial charge in [0, 0.05) is 12.7 Å². The number of anilines is 2. The zero-order valence-electron chi connectivity index (χ0n) is 14.0. The molecule has 2 aromatic carbocycles. The molecule has 0 aliphatic carbocycles. The SMILES string of the molecule is Cc1ccccc1NC(=O)Cc1ccc2c(c1)N(C)C(=O)C(C)O2. The van der Waals surface area contributed by atoms with Crippen molar-refractivity contribution >= 4 is 23.2 Å². The Balaban J connectivity index is 1.76. The van der Waals surface area contributed by atoms with Crippen LogP contribution in [0.4, 0.5) is 11.4 Å². The van der Waals surface area contributed by atoms with Gasteiger partial charge in [0.1, 0.15) is 5.75 Å². The molecule has 1 aliphatic heterocycles. The van der Waals surface area contributed by atoms with E-state index in [1.165, 1.54) is 0 Å². The predicted octanol–water partition coefficient (Wildman–Crippen LogP) is 2.92. The number of rotatable bonds is 3. The fourth-order valence-corrected chi connectivity index (χ4v) is 2.76. The van der Waals surface area contributed by atoms with Crippen LogP contribution in [-0.2, 0) is 16.0 Å². The van der Waals surface area contributed by atoms with Gasteiger partial charge in [0.15, 0.2) is 6.10 Å². The number of carbonyl (C=O) groups is 2. The van der Waals surface area contributed by atoms with Gasteiger partial charge in [-0.15, -0.1) is 0 Å². The zero-order chi connectivity index (χ0) is 17.3. The summed E-state index contributed by atoms with van der Waals surface area (Å²) in [5, 5.41) is 2.92. The molecule has 2 aromatic rings. The molecule has 0 aromatic heterocycles. The second-order valence-corrected chi connectivity index (χ2v) is 6.00. The van der Waals surface area contributed by atoms with E-state index in [2.05, 4.69) is 5.32 Å². The van der Waals surface area contributed by atoms with Gasteiger partial charge < -0.3 is 15.0 Å². The lowest BCUT2D eigenvalue weighted by atomic mass is 10.1. The fourth-order valence-electron chi connectivity index (χ4n) is 2.76. The summed E-state index contributed by atoms with van der Waals surface area (Å²) in [7, 11) is 1.72. The van der Waals surface area contributed by atoms with Gasteiger partial charge in [0.05, 0.1) is 12.1 Å². The third kappa shape index (κ3) is 3.11. The number of likely N-dealkylation sites (N-methyl/N-ethyl adjacent to an activating group) is 1. The number of amides is 2. The topological polar surface area (TPSA) is 58.6 Å². The summed E-state index contributed by atoms with van der Waals surface area (Å²) >= 11 is 0. The number of para-hydroxylation sites is 1. The fraction of sp³-hybridized carbons (Fsp3) is 0.263. The maximum Gasteiger partial charge on any atom is 0.267 e. The van der Waals surface area contributed by atoms with Crippen molar-refractivity contribution in [1.29, 1.82) is 0 Å². The summed E-state index contributed by atoms with van der Waals surface area (Å²) in [4.78, 5) is 25.9. The average Bonchev–Trinajstić information content (AvgIpc) is 2.55. The quantitative estimate of drug-likeness (QED) is 0.944. The summed E-state index contributed by atoms with van der Waals surface area (Å²) in [5.74, 6) is 0.472. The highest BCUT2D eigenvalue weighted by Gasteiger charge is 2.29. The smallest absolute Gasteiger partial charge is 0.267 e. The zero-order valence-corrected chi connectivity index (χ0v) is 14.0. The first-order valence-electron chi connectivity index (χ1n) is 7.88. The van der Waals surface area contributed by atoms with Crippen LogP contribution in [0.5, 0.6) is 5.75 Å². The van der Waals surface area contributed by atoms with Gasteiger partial charge in [-0.2, -0.15) is 0 Å². The van der Waals surface area contributed by atoms with Crippen LogP contribution in [0.1, 0.15) is 18.1 Å². The highest BCUT2D eigenvalue weighted by Crippen LogP contribution is 2.34. The molecular formula is C19H20N2O3. The van der Waals surface area contributed by atoms with E-state index in [1.807, 2.05) is 49.4 Å². The van der Waals surface area contributed by atoms with E-state index in [1.54, 1.807) is 18.9 Å². The molecule has 0 bridgehead atoms. The summed E-state index contributed by atoms with van der Waals surface area (Å²) in [6.45, 7) is 3.68. The largest absolute Gasteiger partial charge is 0.479 e. The molecule has 5 heteroatoms. The van der Waals surface area contributed by atoms with Crippen molar-refractivity contribution < 1.29 is 14.3 Å². The molecule has 0 saturated heterocycles. The Morgan fingerprint density at radius 2 is 2.00 bits per heavy atom. The van der Waals surface area contributed by atoms with Crippen molar-refractivity contribution in [3.8, 4) is 5.75 Å². The summed E-state index contributed by atoms with van der Waals surface area (Å²) < 4.78 is 5.59. The number of aryl methyl sites for hydroxylation is 1. The minimum Gasteiger partial charge on any atom is -0.479 e. The van der Waals surface area contributed by atoms with Crippen molar-refractivity contribution in [1.82, 2.24) is 0 Å². The summed E-state index contributed by atoms with van der Waals surface area (Å²) in [6, 6.07) is 13.1. The number of fused-ring (bicyclic) bond motifs is 1. The minimum atomic E-state index is -0.488. The highest BCUT2D eigenvalue weighted by molar-refractivity contribution is 5.99. The van der Waals surface area contributed by atoms with Crippen molar-refractivity contribution in [2.45, 2.75) is 26.4 Å². The van der Waals surface area contributed by atoms with Gasteiger partial charge in [-0.1, -0.05) is 24.3 Å². The van der Waals surface area contributed by atoms with Crippen molar-refractivity contribution in [3.63, 3.8) is 0 Å². The van der Waals surface area contributed by atoms with Crippen LogP contribution in [0.2, 0.25) is 0 Å². The minimum absolute atomic E-state index is 0.0935.